The summed E-state index contributed by atoms with van der Waals surface area (Å²) in [5.41, 5.74) is 17.4. The molecule has 0 aliphatic rings. The van der Waals surface area contributed by atoms with Gasteiger partial charge in [0.25, 0.3) is 0 Å². The molecule has 7 heterocycles. The van der Waals surface area contributed by atoms with Gasteiger partial charge in [0.1, 0.15) is 0 Å². The van der Waals surface area contributed by atoms with Gasteiger partial charge >= 0.3 is 0 Å². The molecule has 0 saturated carbocycles. The lowest BCUT2D eigenvalue weighted by atomic mass is 9.87. The Labute approximate surface area is 519 Å². The maximum absolute atomic E-state index is 10.7. The monoisotopic (exact) mass is 1160 g/mol. The molecule has 9 heteroatoms. The van der Waals surface area contributed by atoms with Gasteiger partial charge in [0, 0.05) is 84.5 Å². The SMILES string of the molecule is CC(C)(C)Cc1ccc(=O)[nH]c1.CC(C)(C)Cc1cccnc1.COc1ccc(CC(C)(C)C)cn1.Cc1ccc(CC(C)(C)C)c(C)n1.Cc1ccc(CC(C)(C)C)cn1.Cc1ccncc1CC(C)(C)C.Cc1ncccc1CC(C)(C)C. The van der Waals surface area contributed by atoms with Gasteiger partial charge in [-0.3, -0.25) is 29.7 Å². The molecule has 9 nitrogen and oxygen atoms in total. The van der Waals surface area contributed by atoms with Gasteiger partial charge < -0.3 is 9.72 Å². The first-order chi connectivity index (χ1) is 38.9. The number of ether oxygens (including phenoxy) is 1. The number of aromatic nitrogens is 7. The van der Waals surface area contributed by atoms with Crippen molar-refractivity contribution >= 4 is 0 Å². The zero-order valence-electron chi connectivity index (χ0n) is 58.6. The van der Waals surface area contributed by atoms with Crippen LogP contribution in [0.4, 0.5) is 0 Å². The van der Waals surface area contributed by atoms with E-state index in [4.69, 9.17) is 4.74 Å². The average Bonchev–Trinajstić information content (AvgIpc) is 3.37. The summed E-state index contributed by atoms with van der Waals surface area (Å²) >= 11 is 0. The normalized spacial score (nSPS) is 11.6. The van der Waals surface area contributed by atoms with Crippen LogP contribution in [0, 0.1) is 72.5 Å². The van der Waals surface area contributed by atoms with E-state index in [-0.39, 0.29) is 11.0 Å². The molecule has 0 spiro atoms. The number of nitrogens with one attached hydrogen (secondary N) is 1. The van der Waals surface area contributed by atoms with Crippen molar-refractivity contribution < 1.29 is 4.74 Å². The Hall–Kier alpha value is -6.35. The molecule has 1 N–H and O–H groups in total. The number of nitrogens with zero attached hydrogens (tertiary/aromatic N) is 6. The van der Waals surface area contributed by atoms with E-state index in [0.717, 1.165) is 62.0 Å². The van der Waals surface area contributed by atoms with Crippen LogP contribution >= 0.6 is 0 Å². The molecule has 7 aromatic rings. The van der Waals surface area contributed by atoms with E-state index in [9.17, 15) is 4.79 Å². The number of pyridine rings is 7. The molecule has 0 unspecified atom stereocenters. The topological polar surface area (TPSA) is 119 Å². The molecule has 7 rings (SSSR count). The van der Waals surface area contributed by atoms with Crippen molar-refractivity contribution in [2.45, 2.75) is 225 Å². The summed E-state index contributed by atoms with van der Waals surface area (Å²) in [6.45, 7) is 57.3. The molecular weight excluding hydrogens is 1040 g/mol. The fraction of sp³-hybridized carbons (Fsp3) is 0.539. The quantitative estimate of drug-likeness (QED) is 0.160. The van der Waals surface area contributed by atoms with E-state index in [2.05, 4.69) is 250 Å². The molecule has 0 aromatic carbocycles. The lowest BCUT2D eigenvalue weighted by Crippen LogP contribution is -2.11. The minimum atomic E-state index is -0.0346. The second kappa shape index (κ2) is 35.3. The third kappa shape index (κ3) is 41.4. The maximum atomic E-state index is 10.7. The minimum absolute atomic E-state index is 0.0346. The van der Waals surface area contributed by atoms with E-state index in [1.54, 1.807) is 19.4 Å². The summed E-state index contributed by atoms with van der Waals surface area (Å²) in [6.07, 6.45) is 22.6. The summed E-state index contributed by atoms with van der Waals surface area (Å²) in [7, 11) is 1.63. The summed E-state index contributed by atoms with van der Waals surface area (Å²) < 4.78 is 4.99. The van der Waals surface area contributed by atoms with E-state index < -0.39 is 0 Å². The first-order valence-electron chi connectivity index (χ1n) is 30.6. The summed E-state index contributed by atoms with van der Waals surface area (Å²) in [6, 6.07) is 26.3. The molecule has 0 aliphatic carbocycles. The molecular formula is C76H117N7O2. The minimum Gasteiger partial charge on any atom is -0.481 e. The van der Waals surface area contributed by atoms with Gasteiger partial charge in [-0.2, -0.15) is 0 Å². The average molecular weight is 1160 g/mol. The van der Waals surface area contributed by atoms with Gasteiger partial charge in [-0.05, 0) is 192 Å². The number of rotatable bonds is 8. The maximum Gasteiger partial charge on any atom is 0.247 e. The number of H-pyrrole nitrogens is 1. The zero-order valence-corrected chi connectivity index (χ0v) is 58.6. The van der Waals surface area contributed by atoms with Gasteiger partial charge in [-0.1, -0.05) is 182 Å². The van der Waals surface area contributed by atoms with Crippen molar-refractivity contribution in [3.05, 3.63) is 206 Å². The van der Waals surface area contributed by atoms with Crippen LogP contribution in [0.5, 0.6) is 5.88 Å². The molecule has 0 radical (unpaired) electrons. The van der Waals surface area contributed by atoms with Crippen LogP contribution in [-0.4, -0.2) is 42.0 Å². The number of hydrogen-bond donors (Lipinski definition) is 1. The van der Waals surface area contributed by atoms with Crippen LogP contribution in [0.15, 0.2) is 133 Å². The molecule has 0 aliphatic heterocycles. The van der Waals surface area contributed by atoms with Crippen LogP contribution in [0.25, 0.3) is 0 Å². The van der Waals surface area contributed by atoms with Gasteiger partial charge in [-0.25, -0.2) is 4.98 Å². The zero-order chi connectivity index (χ0) is 65.0. The third-order valence-electron chi connectivity index (χ3n) is 12.2. The molecule has 0 bridgehead atoms. The summed E-state index contributed by atoms with van der Waals surface area (Å²) in [5.74, 6) is 0.678. The fourth-order valence-corrected chi connectivity index (χ4v) is 8.75. The highest BCUT2D eigenvalue weighted by molar-refractivity contribution is 5.24. The first kappa shape index (κ1) is 76.7. The number of aromatic amines is 1. The van der Waals surface area contributed by atoms with E-state index in [0.29, 0.717) is 38.4 Å². The van der Waals surface area contributed by atoms with Gasteiger partial charge in [0.05, 0.1) is 7.11 Å². The molecule has 0 amide bonds. The van der Waals surface area contributed by atoms with E-state index in [1.807, 2.05) is 81.5 Å². The second-order valence-electron chi connectivity index (χ2n) is 31.3. The lowest BCUT2D eigenvalue weighted by molar-refractivity contribution is 0.393. The predicted molar refractivity (Wildman–Crippen MR) is 365 cm³/mol. The largest absolute Gasteiger partial charge is 0.481 e. The smallest absolute Gasteiger partial charge is 0.247 e. The summed E-state index contributed by atoms with van der Waals surface area (Å²) in [4.78, 5) is 38.7. The molecule has 7 aromatic heterocycles. The standard InChI is InChI=1S/C12H19N.C11H17NO.3C11H17N.C10H15NO.C10H15N/c1-9-6-7-11(10(2)13-9)8-12(3,4)5;1-11(2,3)7-9-5-6-10(13-4)12-8-9;1-9-5-6-12-8-10(9)7-11(2,3)4;1-9-5-6-10(8-12-9)7-11(2,3)4;1-9-10(6-5-7-12-9)8-11(2,3)4;1-10(2,3)6-8-4-5-9(12)11-7-8;1-10(2,3)7-9-5-4-6-11-8-9/h6-7H,8H2,1-5H3;5-6,8H,7H2,1-4H3;2*5-6,8H,7H2,1-4H3;5-7H,8H2,1-4H3;4-5,7H,6H2,1-3H3,(H,11,12);4-6,8H,7H2,1-3H3. The molecule has 0 atom stereocenters. The van der Waals surface area contributed by atoms with E-state index >= 15 is 0 Å². The Kier molecular flexibility index (Phi) is 31.9. The Bertz CT molecular complexity index is 2910. The highest BCUT2D eigenvalue weighted by Gasteiger charge is 2.17. The molecule has 468 valence electrons. The number of methoxy groups -OCH3 is 1. The first-order valence-corrected chi connectivity index (χ1v) is 30.6. The van der Waals surface area contributed by atoms with Crippen LogP contribution < -0.4 is 10.3 Å². The molecule has 0 saturated heterocycles. The van der Waals surface area contributed by atoms with Crippen LogP contribution in [0.1, 0.15) is 213 Å². The fourth-order valence-electron chi connectivity index (χ4n) is 8.75. The Morgan fingerprint density at radius 1 is 0.376 bits per heavy atom. The number of hydrogen-bond acceptors (Lipinski definition) is 8. The molecule has 0 fully saturated rings. The second-order valence-corrected chi connectivity index (χ2v) is 31.3. The van der Waals surface area contributed by atoms with Crippen molar-refractivity contribution in [2.24, 2.45) is 37.9 Å². The van der Waals surface area contributed by atoms with Crippen molar-refractivity contribution in [1.82, 2.24) is 34.9 Å². The highest BCUT2D eigenvalue weighted by atomic mass is 16.5. The van der Waals surface area contributed by atoms with Gasteiger partial charge in [-0.15, -0.1) is 0 Å². The molecule has 85 heavy (non-hydrogen) atoms. The lowest BCUT2D eigenvalue weighted by Gasteiger charge is -2.19. The Morgan fingerprint density at radius 3 is 1.21 bits per heavy atom. The van der Waals surface area contributed by atoms with Gasteiger partial charge in [0.15, 0.2) is 0 Å². The Balaban J connectivity index is 0.000000496. The van der Waals surface area contributed by atoms with Crippen molar-refractivity contribution in [2.75, 3.05) is 7.11 Å². The van der Waals surface area contributed by atoms with Crippen molar-refractivity contribution in [3.8, 4) is 5.88 Å². The third-order valence-corrected chi connectivity index (χ3v) is 12.2. The summed E-state index contributed by atoms with van der Waals surface area (Å²) in [5, 5.41) is 0. The highest BCUT2D eigenvalue weighted by Crippen LogP contribution is 2.26. The van der Waals surface area contributed by atoms with Crippen LogP contribution in [-0.2, 0) is 44.9 Å². The van der Waals surface area contributed by atoms with Crippen molar-refractivity contribution in [1.29, 1.82) is 0 Å². The van der Waals surface area contributed by atoms with Crippen LogP contribution in [0.3, 0.4) is 0 Å². The van der Waals surface area contributed by atoms with E-state index in [1.165, 1.54) is 50.2 Å². The number of aryl methyl sites for hydroxylation is 5. The van der Waals surface area contributed by atoms with Crippen molar-refractivity contribution in [3.63, 3.8) is 0 Å². The predicted octanol–water partition coefficient (Wildman–Crippen LogP) is 19.5. The van der Waals surface area contributed by atoms with Gasteiger partial charge in [0.2, 0.25) is 11.4 Å². The van der Waals surface area contributed by atoms with Crippen LogP contribution in [0.2, 0.25) is 0 Å². The Morgan fingerprint density at radius 2 is 0.812 bits per heavy atom.